The van der Waals surface area contributed by atoms with Gasteiger partial charge >= 0.3 is 5.97 Å². The lowest BCUT2D eigenvalue weighted by atomic mass is 10.2. The first-order chi connectivity index (χ1) is 13.6. The summed E-state index contributed by atoms with van der Waals surface area (Å²) in [6, 6.07) is 16.9. The van der Waals surface area contributed by atoms with Gasteiger partial charge in [0, 0.05) is 0 Å². The van der Waals surface area contributed by atoms with Gasteiger partial charge in [-0.1, -0.05) is 66.4 Å². The van der Waals surface area contributed by atoms with Gasteiger partial charge < -0.3 is 9.47 Å². The van der Waals surface area contributed by atoms with E-state index in [-0.39, 0.29) is 12.5 Å². The zero-order valence-corrected chi connectivity index (χ0v) is 16.9. The molecule has 0 unspecified atom stereocenters. The third-order valence-electron chi connectivity index (χ3n) is 3.90. The molecule has 0 N–H and O–H groups in total. The normalized spacial score (nSPS) is 15.2. The van der Waals surface area contributed by atoms with E-state index in [1.54, 1.807) is 30.0 Å². The van der Waals surface area contributed by atoms with Crippen molar-refractivity contribution in [3.8, 4) is 5.75 Å². The van der Waals surface area contributed by atoms with Crippen molar-refractivity contribution in [1.29, 1.82) is 0 Å². The second kappa shape index (κ2) is 9.52. The van der Waals surface area contributed by atoms with Gasteiger partial charge in [0.15, 0.2) is 6.61 Å². The van der Waals surface area contributed by atoms with Crippen LogP contribution in [0.1, 0.15) is 18.1 Å². The number of hydrogen-bond donors (Lipinski definition) is 0. The molecule has 1 heterocycles. The fourth-order valence-corrected chi connectivity index (χ4v) is 3.81. The molecule has 0 atom stereocenters. The van der Waals surface area contributed by atoms with E-state index < -0.39 is 5.97 Å². The molecule has 1 aliphatic heterocycles. The summed E-state index contributed by atoms with van der Waals surface area (Å²) in [5.41, 5.74) is 1.88. The molecular weight excluding hydrogens is 394 g/mol. The van der Waals surface area contributed by atoms with Crippen LogP contribution >= 0.6 is 24.0 Å². The van der Waals surface area contributed by atoms with Crippen molar-refractivity contribution >= 4 is 46.3 Å². The van der Waals surface area contributed by atoms with Gasteiger partial charge in [-0.25, -0.2) is 4.79 Å². The van der Waals surface area contributed by atoms with Crippen molar-refractivity contribution in [3.63, 3.8) is 0 Å². The second-order valence-electron chi connectivity index (χ2n) is 5.92. The largest absolute Gasteiger partial charge is 0.482 e. The molecule has 28 heavy (non-hydrogen) atoms. The molecule has 0 bridgehead atoms. The van der Waals surface area contributed by atoms with Crippen LogP contribution in [0.4, 0.5) is 0 Å². The van der Waals surface area contributed by atoms with Gasteiger partial charge in [0.2, 0.25) is 0 Å². The fourth-order valence-electron chi connectivity index (χ4n) is 2.56. The number of rotatable bonds is 7. The highest BCUT2D eigenvalue weighted by molar-refractivity contribution is 8.26. The van der Waals surface area contributed by atoms with Gasteiger partial charge in [0.1, 0.15) is 10.1 Å². The summed E-state index contributed by atoms with van der Waals surface area (Å²) in [6.07, 6.45) is 1.80. The lowest BCUT2D eigenvalue weighted by Gasteiger charge is -2.14. The zero-order valence-electron chi connectivity index (χ0n) is 15.3. The van der Waals surface area contributed by atoms with Gasteiger partial charge in [-0.2, -0.15) is 0 Å². The summed E-state index contributed by atoms with van der Waals surface area (Å²) in [6.45, 7) is 2.40. The highest BCUT2D eigenvalue weighted by atomic mass is 32.2. The average Bonchev–Trinajstić information content (AvgIpc) is 2.96. The van der Waals surface area contributed by atoms with E-state index in [0.29, 0.717) is 28.1 Å². The van der Waals surface area contributed by atoms with Gasteiger partial charge in [0.05, 0.1) is 18.1 Å². The molecule has 0 radical (unpaired) electrons. The second-order valence-corrected chi connectivity index (χ2v) is 7.59. The highest BCUT2D eigenvalue weighted by Gasteiger charge is 2.31. The quantitative estimate of drug-likeness (QED) is 0.388. The molecule has 2 aromatic rings. The van der Waals surface area contributed by atoms with E-state index in [1.807, 2.05) is 42.5 Å². The maximum Gasteiger partial charge on any atom is 0.344 e. The molecule has 5 nitrogen and oxygen atoms in total. The number of thiocarbonyl (C=S) groups is 1. The minimum atomic E-state index is -0.409. The van der Waals surface area contributed by atoms with Crippen LogP contribution in [0.25, 0.3) is 6.08 Å². The Labute approximate surface area is 173 Å². The number of thioether (sulfide) groups is 1. The zero-order chi connectivity index (χ0) is 19.9. The van der Waals surface area contributed by atoms with E-state index in [0.717, 1.165) is 11.1 Å². The van der Waals surface area contributed by atoms with Crippen LogP contribution in [-0.2, 0) is 20.9 Å². The Kier molecular flexibility index (Phi) is 6.84. The highest BCUT2D eigenvalue weighted by Crippen LogP contribution is 2.33. The first kappa shape index (κ1) is 20.1. The average molecular weight is 414 g/mol. The standard InChI is InChI=1S/C21H19NO4S2/c1-2-25-19(23)14-26-17-10-8-15(9-11-17)12-18-20(24)22(21(27)28-18)13-16-6-4-3-5-7-16/h3-12H,2,13-14H2,1H3/b18-12+. The summed E-state index contributed by atoms with van der Waals surface area (Å²) in [7, 11) is 0. The van der Waals surface area contributed by atoms with Crippen molar-refractivity contribution in [2.45, 2.75) is 13.5 Å². The van der Waals surface area contributed by atoms with E-state index in [2.05, 4.69) is 0 Å². The summed E-state index contributed by atoms with van der Waals surface area (Å²) in [4.78, 5) is 26.2. The van der Waals surface area contributed by atoms with Crippen LogP contribution in [0.15, 0.2) is 59.5 Å². The maximum atomic E-state index is 12.7. The van der Waals surface area contributed by atoms with Crippen LogP contribution in [0.2, 0.25) is 0 Å². The van der Waals surface area contributed by atoms with Gasteiger partial charge in [-0.3, -0.25) is 9.69 Å². The predicted molar refractivity (Wildman–Crippen MR) is 114 cm³/mol. The number of hydrogen-bond acceptors (Lipinski definition) is 6. The summed E-state index contributed by atoms with van der Waals surface area (Å²) in [5, 5.41) is 0. The molecule has 1 saturated heterocycles. The Morgan fingerprint density at radius 3 is 2.54 bits per heavy atom. The molecule has 3 rings (SSSR count). The molecule has 1 fully saturated rings. The number of amides is 1. The minimum Gasteiger partial charge on any atom is -0.482 e. The van der Waals surface area contributed by atoms with Crippen LogP contribution in [-0.4, -0.2) is 34.3 Å². The maximum absolute atomic E-state index is 12.7. The van der Waals surface area contributed by atoms with Crippen molar-refractivity contribution in [2.24, 2.45) is 0 Å². The lowest BCUT2D eigenvalue weighted by Crippen LogP contribution is -2.27. The molecule has 144 valence electrons. The molecule has 0 saturated carbocycles. The first-order valence-electron chi connectivity index (χ1n) is 8.74. The SMILES string of the molecule is CCOC(=O)COc1ccc(/C=C2/SC(=S)N(Cc3ccccc3)C2=O)cc1. The molecular formula is C21H19NO4S2. The third kappa shape index (κ3) is 5.21. The van der Waals surface area contributed by atoms with Gasteiger partial charge in [-0.15, -0.1) is 0 Å². The van der Waals surface area contributed by atoms with Crippen molar-refractivity contribution in [3.05, 3.63) is 70.6 Å². The van der Waals surface area contributed by atoms with Gasteiger partial charge in [0.25, 0.3) is 5.91 Å². The topological polar surface area (TPSA) is 55.8 Å². The predicted octanol–water partition coefficient (Wildman–Crippen LogP) is 4.03. The Bertz CT molecular complexity index is 894. The van der Waals surface area contributed by atoms with E-state index in [9.17, 15) is 9.59 Å². The number of carbonyl (C=O) groups excluding carboxylic acids is 2. The Morgan fingerprint density at radius 1 is 1.14 bits per heavy atom. The Morgan fingerprint density at radius 2 is 1.86 bits per heavy atom. The van der Waals surface area contributed by atoms with Crippen molar-refractivity contribution < 1.29 is 19.1 Å². The van der Waals surface area contributed by atoms with Crippen LogP contribution in [0, 0.1) is 0 Å². The number of carbonyl (C=O) groups is 2. The van der Waals surface area contributed by atoms with Crippen molar-refractivity contribution in [1.82, 2.24) is 4.90 Å². The number of esters is 1. The Balaban J connectivity index is 1.64. The molecule has 1 amide bonds. The molecule has 1 aliphatic rings. The van der Waals surface area contributed by atoms with E-state index in [1.165, 1.54) is 11.8 Å². The molecule has 0 aliphatic carbocycles. The number of nitrogens with zero attached hydrogens (tertiary/aromatic N) is 1. The van der Waals surface area contributed by atoms with E-state index >= 15 is 0 Å². The van der Waals surface area contributed by atoms with Crippen LogP contribution in [0.3, 0.4) is 0 Å². The molecule has 0 spiro atoms. The molecule has 7 heteroatoms. The Hall–Kier alpha value is -2.64. The molecule has 0 aromatic heterocycles. The smallest absolute Gasteiger partial charge is 0.344 e. The minimum absolute atomic E-state index is 0.0958. The number of benzene rings is 2. The summed E-state index contributed by atoms with van der Waals surface area (Å²) in [5.74, 6) is 0.0528. The van der Waals surface area contributed by atoms with Crippen LogP contribution < -0.4 is 4.74 Å². The van der Waals surface area contributed by atoms with Crippen molar-refractivity contribution in [2.75, 3.05) is 13.2 Å². The molecule has 2 aromatic carbocycles. The number of ether oxygens (including phenoxy) is 2. The summed E-state index contributed by atoms with van der Waals surface area (Å²) < 4.78 is 10.7. The monoisotopic (exact) mass is 413 g/mol. The summed E-state index contributed by atoms with van der Waals surface area (Å²) >= 11 is 6.67. The lowest BCUT2D eigenvalue weighted by molar-refractivity contribution is -0.145. The van der Waals surface area contributed by atoms with Gasteiger partial charge in [-0.05, 0) is 36.3 Å². The van der Waals surface area contributed by atoms with E-state index in [4.69, 9.17) is 21.7 Å². The third-order valence-corrected chi connectivity index (χ3v) is 5.27. The first-order valence-corrected chi connectivity index (χ1v) is 9.97. The fraction of sp³-hybridized carbons (Fsp3) is 0.190. The van der Waals surface area contributed by atoms with Crippen LogP contribution in [0.5, 0.6) is 5.75 Å².